The van der Waals surface area contributed by atoms with E-state index in [1.807, 2.05) is 65.0 Å². The molecule has 2 aromatic carbocycles. The molecule has 0 bridgehead atoms. The number of rotatable bonds is 10. The molecule has 0 heterocycles. The second-order valence-electron chi connectivity index (χ2n) is 12.4. The van der Waals surface area contributed by atoms with Gasteiger partial charge >= 0.3 is 6.09 Å². The van der Waals surface area contributed by atoms with Gasteiger partial charge in [0, 0.05) is 18.0 Å². The zero-order chi connectivity index (χ0) is 30.3. The van der Waals surface area contributed by atoms with E-state index in [0.29, 0.717) is 11.1 Å². The zero-order valence-corrected chi connectivity index (χ0v) is 25.5. The number of carbonyl (C=O) groups excluding carboxylic acids is 3. The third kappa shape index (κ3) is 9.57. The summed E-state index contributed by atoms with van der Waals surface area (Å²) in [4.78, 5) is 42.9. The number of carbonyl (C=O) groups is 3. The van der Waals surface area contributed by atoms with Gasteiger partial charge in [-0.3, -0.25) is 9.59 Å². The molecule has 2 aromatic rings. The van der Waals surface area contributed by atoms with E-state index in [-0.39, 0.29) is 24.1 Å². The summed E-state index contributed by atoms with van der Waals surface area (Å²) in [5, 5.41) is 16.0. The van der Waals surface area contributed by atoms with Gasteiger partial charge in [0.05, 0.1) is 0 Å². The van der Waals surface area contributed by atoms with Gasteiger partial charge in [0.25, 0.3) is 0 Å². The van der Waals surface area contributed by atoms with Gasteiger partial charge in [0.15, 0.2) is 0 Å². The second kappa shape index (κ2) is 13.7. The molecule has 0 aromatic heterocycles. The van der Waals surface area contributed by atoms with Gasteiger partial charge in [0.2, 0.25) is 11.8 Å². The van der Waals surface area contributed by atoms with E-state index in [0.717, 1.165) is 18.4 Å². The molecule has 3 amide bonds. The zero-order valence-electron chi connectivity index (χ0n) is 25.5. The molecule has 8 nitrogen and oxygen atoms in total. The van der Waals surface area contributed by atoms with E-state index in [1.54, 1.807) is 39.8 Å². The third-order valence-corrected chi connectivity index (χ3v) is 6.39. The predicted octanol–water partition coefficient (Wildman–Crippen LogP) is 5.81. The molecule has 0 aliphatic rings. The molecule has 0 spiro atoms. The maximum absolute atomic E-state index is 14.5. The minimum Gasteiger partial charge on any atom is -0.508 e. The molecular weight excluding hydrogens is 506 g/mol. The van der Waals surface area contributed by atoms with Crippen LogP contribution in [-0.4, -0.2) is 51.1 Å². The van der Waals surface area contributed by atoms with Crippen LogP contribution in [0.2, 0.25) is 0 Å². The van der Waals surface area contributed by atoms with Gasteiger partial charge in [-0.25, -0.2) is 4.79 Å². The van der Waals surface area contributed by atoms with Crippen molar-refractivity contribution in [2.75, 3.05) is 0 Å². The number of hydrogen-bond acceptors (Lipinski definition) is 5. The molecule has 0 radical (unpaired) electrons. The molecule has 0 saturated heterocycles. The minimum absolute atomic E-state index is 0.101. The van der Waals surface area contributed by atoms with Crippen LogP contribution in [0.3, 0.4) is 0 Å². The molecule has 8 heteroatoms. The first-order valence-electron chi connectivity index (χ1n) is 14.0. The maximum Gasteiger partial charge on any atom is 0.408 e. The number of alkyl carbamates (subject to hydrolysis) is 1. The lowest BCUT2D eigenvalue weighted by Crippen LogP contribution is -2.59. The number of benzene rings is 2. The SMILES string of the molecule is CCCC(C)NC(=O)C(c1ccc(O)c(C)c1)N(C(=O)C(Cc1ccccc1)NC(=O)OC(C)(C)C)C(C)(C)C. The smallest absolute Gasteiger partial charge is 0.408 e. The third-order valence-electron chi connectivity index (χ3n) is 6.39. The fraction of sp³-hybridized carbons (Fsp3) is 0.531. The summed E-state index contributed by atoms with van der Waals surface area (Å²) < 4.78 is 5.49. The van der Waals surface area contributed by atoms with Crippen LogP contribution in [0.15, 0.2) is 48.5 Å². The van der Waals surface area contributed by atoms with Gasteiger partial charge in [-0.1, -0.05) is 49.7 Å². The van der Waals surface area contributed by atoms with Crippen LogP contribution in [-0.2, 0) is 20.7 Å². The lowest BCUT2D eigenvalue weighted by atomic mass is 9.93. The number of phenols is 1. The van der Waals surface area contributed by atoms with Crippen molar-refractivity contribution in [2.45, 2.75) is 111 Å². The monoisotopic (exact) mass is 553 g/mol. The van der Waals surface area contributed by atoms with Gasteiger partial charge in [-0.05, 0) is 90.6 Å². The first-order valence-corrected chi connectivity index (χ1v) is 14.0. The second-order valence-corrected chi connectivity index (χ2v) is 12.4. The Morgan fingerprint density at radius 3 is 2.12 bits per heavy atom. The van der Waals surface area contributed by atoms with Crippen molar-refractivity contribution in [3.8, 4) is 5.75 Å². The Kier molecular flexibility index (Phi) is 11.2. The van der Waals surface area contributed by atoms with Gasteiger partial charge in [0.1, 0.15) is 23.4 Å². The normalized spacial score (nSPS) is 14.0. The Hall–Kier alpha value is -3.55. The number of phenolic OH excluding ortho intramolecular Hbond substituents is 1. The minimum atomic E-state index is -1.01. The van der Waals surface area contributed by atoms with Crippen LogP contribution in [0.1, 0.15) is 91.0 Å². The predicted molar refractivity (Wildman–Crippen MR) is 158 cm³/mol. The molecule has 0 saturated carbocycles. The van der Waals surface area contributed by atoms with Crippen molar-refractivity contribution in [3.05, 3.63) is 65.2 Å². The Bertz CT molecular complexity index is 1150. The summed E-state index contributed by atoms with van der Waals surface area (Å²) in [5.41, 5.74) is 0.434. The molecule has 3 atom stereocenters. The number of amides is 3. The summed E-state index contributed by atoms with van der Waals surface area (Å²) in [6, 6.07) is 12.2. The fourth-order valence-electron chi connectivity index (χ4n) is 4.61. The number of hydrogen-bond donors (Lipinski definition) is 3. The molecule has 0 aliphatic heterocycles. The molecule has 0 fully saturated rings. The summed E-state index contributed by atoms with van der Waals surface area (Å²) in [7, 11) is 0. The van der Waals surface area contributed by atoms with Crippen LogP contribution in [0.5, 0.6) is 5.75 Å². The summed E-state index contributed by atoms with van der Waals surface area (Å²) >= 11 is 0. The molecule has 2 rings (SSSR count). The highest BCUT2D eigenvalue weighted by Crippen LogP contribution is 2.32. The van der Waals surface area contributed by atoms with Crippen LogP contribution in [0.4, 0.5) is 4.79 Å². The van der Waals surface area contributed by atoms with Gasteiger partial charge in [-0.2, -0.15) is 0 Å². The Balaban J connectivity index is 2.63. The van der Waals surface area contributed by atoms with Crippen molar-refractivity contribution in [1.82, 2.24) is 15.5 Å². The van der Waals surface area contributed by atoms with Crippen LogP contribution >= 0.6 is 0 Å². The number of nitrogens with zero attached hydrogens (tertiary/aromatic N) is 1. The van der Waals surface area contributed by atoms with E-state index in [1.165, 1.54) is 11.0 Å². The van der Waals surface area contributed by atoms with Crippen LogP contribution in [0, 0.1) is 6.92 Å². The van der Waals surface area contributed by atoms with Crippen molar-refractivity contribution >= 4 is 17.9 Å². The average molecular weight is 554 g/mol. The van der Waals surface area contributed by atoms with E-state index < -0.39 is 35.2 Å². The van der Waals surface area contributed by atoms with Crippen molar-refractivity contribution in [3.63, 3.8) is 0 Å². The molecule has 40 heavy (non-hydrogen) atoms. The van der Waals surface area contributed by atoms with Crippen LogP contribution in [0.25, 0.3) is 0 Å². The summed E-state index contributed by atoms with van der Waals surface area (Å²) in [6.45, 7) is 16.6. The number of nitrogens with one attached hydrogen (secondary N) is 2. The molecular formula is C32H47N3O5. The lowest BCUT2D eigenvalue weighted by molar-refractivity contribution is -0.148. The summed E-state index contributed by atoms with van der Waals surface area (Å²) in [5.74, 6) is -0.647. The van der Waals surface area contributed by atoms with E-state index in [2.05, 4.69) is 10.6 Å². The topological polar surface area (TPSA) is 108 Å². The highest BCUT2D eigenvalue weighted by molar-refractivity contribution is 5.93. The highest BCUT2D eigenvalue weighted by atomic mass is 16.6. The highest BCUT2D eigenvalue weighted by Gasteiger charge is 2.42. The van der Waals surface area contributed by atoms with Gasteiger partial charge in [-0.15, -0.1) is 0 Å². The first kappa shape index (κ1) is 32.7. The van der Waals surface area contributed by atoms with Crippen molar-refractivity contribution < 1.29 is 24.2 Å². The average Bonchev–Trinajstić information content (AvgIpc) is 2.82. The first-order chi connectivity index (χ1) is 18.5. The summed E-state index contributed by atoms with van der Waals surface area (Å²) in [6.07, 6.45) is 1.17. The number of aryl methyl sites for hydroxylation is 1. The molecule has 0 aliphatic carbocycles. The number of ether oxygens (including phenoxy) is 1. The maximum atomic E-state index is 14.5. The lowest BCUT2D eigenvalue weighted by Gasteiger charge is -2.43. The van der Waals surface area contributed by atoms with Gasteiger partial charge < -0.3 is 25.4 Å². The van der Waals surface area contributed by atoms with Crippen molar-refractivity contribution in [2.24, 2.45) is 0 Å². The largest absolute Gasteiger partial charge is 0.508 e. The van der Waals surface area contributed by atoms with Crippen molar-refractivity contribution in [1.29, 1.82) is 0 Å². The molecule has 220 valence electrons. The Morgan fingerprint density at radius 1 is 0.975 bits per heavy atom. The Morgan fingerprint density at radius 2 is 1.60 bits per heavy atom. The van der Waals surface area contributed by atoms with E-state index in [9.17, 15) is 19.5 Å². The number of aromatic hydroxyl groups is 1. The van der Waals surface area contributed by atoms with Crippen LogP contribution < -0.4 is 10.6 Å². The van der Waals surface area contributed by atoms with E-state index in [4.69, 9.17) is 4.74 Å². The molecule has 3 N–H and O–H groups in total. The standard InChI is InChI=1S/C32H47N3O5/c1-10-14-22(3)33-28(37)27(24-17-18-26(36)21(2)19-24)35(31(4,5)6)29(38)25(20-23-15-12-11-13-16-23)34-30(39)40-32(7,8)9/h11-13,15-19,22,25,27,36H,10,14,20H2,1-9H3,(H,33,37)(H,34,39). The molecule has 3 unspecified atom stereocenters. The quantitative estimate of drug-likeness (QED) is 0.344. The Labute approximate surface area is 239 Å². The van der Waals surface area contributed by atoms with E-state index >= 15 is 0 Å². The fourth-order valence-corrected chi connectivity index (χ4v) is 4.61.